The highest BCUT2D eigenvalue weighted by atomic mass is 79.9. The number of ether oxygens (including phenoxy) is 1. The van der Waals surface area contributed by atoms with Crippen LogP contribution in [0, 0.1) is 6.92 Å². The second kappa shape index (κ2) is 6.56. The first-order valence-electron chi connectivity index (χ1n) is 7.19. The molecule has 1 aromatic heterocycles. The monoisotopic (exact) mass is 348 g/mol. The lowest BCUT2D eigenvalue weighted by atomic mass is 10.0. The third-order valence-electron chi connectivity index (χ3n) is 3.24. The van der Waals surface area contributed by atoms with Crippen LogP contribution < -0.4 is 4.74 Å². The van der Waals surface area contributed by atoms with Crippen LogP contribution in [0.5, 0.6) is 11.8 Å². The number of aromatic nitrogens is 2. The Bertz CT molecular complexity index is 639. The average Bonchev–Trinajstić information content (AvgIpc) is 2.40. The molecule has 21 heavy (non-hydrogen) atoms. The lowest BCUT2D eigenvalue weighted by molar-refractivity contribution is 0.429. The number of aryl methyl sites for hydroxylation is 1. The maximum Gasteiger partial charge on any atom is 0.322 e. The zero-order chi connectivity index (χ0) is 15.6. The molecule has 1 heterocycles. The van der Waals surface area contributed by atoms with Crippen LogP contribution in [-0.4, -0.2) is 9.97 Å². The van der Waals surface area contributed by atoms with Crippen molar-refractivity contribution in [2.45, 2.75) is 46.5 Å². The first-order valence-corrected chi connectivity index (χ1v) is 7.99. The molecule has 0 unspecified atom stereocenters. The van der Waals surface area contributed by atoms with Crippen molar-refractivity contribution in [3.8, 4) is 11.8 Å². The molecule has 1 aromatic carbocycles. The number of rotatable bonds is 4. The van der Waals surface area contributed by atoms with Gasteiger partial charge in [-0.05, 0) is 48.6 Å². The molecule has 0 saturated carbocycles. The van der Waals surface area contributed by atoms with E-state index in [9.17, 15) is 0 Å². The van der Waals surface area contributed by atoms with Crippen LogP contribution in [0.3, 0.4) is 0 Å². The molecular formula is C17H21BrN2O. The second-order valence-corrected chi connectivity index (χ2v) is 6.73. The Hall–Kier alpha value is -1.42. The van der Waals surface area contributed by atoms with Crippen LogP contribution in [0.15, 0.2) is 28.7 Å². The third-order valence-corrected chi connectivity index (χ3v) is 3.73. The molecule has 0 aliphatic carbocycles. The summed E-state index contributed by atoms with van der Waals surface area (Å²) in [6, 6.07) is 8.44. The van der Waals surface area contributed by atoms with E-state index < -0.39 is 0 Å². The highest BCUT2D eigenvalue weighted by Crippen LogP contribution is 2.32. The van der Waals surface area contributed by atoms with Crippen molar-refractivity contribution < 1.29 is 4.74 Å². The van der Waals surface area contributed by atoms with Crippen LogP contribution in [0.1, 0.15) is 56.5 Å². The van der Waals surface area contributed by atoms with Crippen molar-refractivity contribution in [1.82, 2.24) is 9.97 Å². The van der Waals surface area contributed by atoms with Gasteiger partial charge in [-0.1, -0.05) is 43.6 Å². The first kappa shape index (κ1) is 16.0. The molecule has 0 amide bonds. The molecular weight excluding hydrogens is 328 g/mol. The van der Waals surface area contributed by atoms with Gasteiger partial charge in [-0.2, -0.15) is 4.98 Å². The predicted octanol–water partition coefficient (Wildman–Crippen LogP) is 5.59. The van der Waals surface area contributed by atoms with Gasteiger partial charge in [0.15, 0.2) is 0 Å². The molecule has 0 saturated heterocycles. The minimum atomic E-state index is 0.350. The number of benzene rings is 1. The van der Waals surface area contributed by atoms with E-state index in [-0.39, 0.29) is 0 Å². The molecule has 2 aromatic rings. The highest BCUT2D eigenvalue weighted by Gasteiger charge is 2.12. The lowest BCUT2D eigenvalue weighted by Crippen LogP contribution is -2.02. The summed E-state index contributed by atoms with van der Waals surface area (Å²) < 4.78 is 7.00. The van der Waals surface area contributed by atoms with Crippen molar-refractivity contribution >= 4 is 15.9 Å². The van der Waals surface area contributed by atoms with Gasteiger partial charge in [-0.15, -0.1) is 0 Å². The fourth-order valence-corrected chi connectivity index (χ4v) is 2.45. The predicted molar refractivity (Wildman–Crippen MR) is 89.2 cm³/mol. The fraction of sp³-hybridized carbons (Fsp3) is 0.412. The molecule has 112 valence electrons. The van der Waals surface area contributed by atoms with E-state index >= 15 is 0 Å². The van der Waals surface area contributed by atoms with E-state index in [1.54, 1.807) is 0 Å². The minimum absolute atomic E-state index is 0.350. The van der Waals surface area contributed by atoms with E-state index in [4.69, 9.17) is 4.74 Å². The van der Waals surface area contributed by atoms with E-state index in [0.29, 0.717) is 17.8 Å². The summed E-state index contributed by atoms with van der Waals surface area (Å²) in [5.41, 5.74) is 3.06. The molecule has 0 atom stereocenters. The van der Waals surface area contributed by atoms with Gasteiger partial charge in [0, 0.05) is 10.2 Å². The topological polar surface area (TPSA) is 35.0 Å². The molecule has 4 heteroatoms. The Kier molecular flexibility index (Phi) is 4.99. The van der Waals surface area contributed by atoms with Gasteiger partial charge >= 0.3 is 6.01 Å². The third kappa shape index (κ3) is 4.03. The summed E-state index contributed by atoms with van der Waals surface area (Å²) in [7, 11) is 0. The molecule has 2 rings (SSSR count). The SMILES string of the molecule is Cc1cc(C(C)C)nc(Oc2ccc(Br)cc2C(C)C)n1. The Labute approximate surface area is 134 Å². The normalized spacial score (nSPS) is 11.2. The van der Waals surface area contributed by atoms with Gasteiger partial charge in [-0.25, -0.2) is 4.98 Å². The largest absolute Gasteiger partial charge is 0.424 e. The molecule has 0 aliphatic rings. The van der Waals surface area contributed by atoms with Crippen molar-refractivity contribution in [1.29, 1.82) is 0 Å². The van der Waals surface area contributed by atoms with Crippen LogP contribution >= 0.6 is 15.9 Å². The van der Waals surface area contributed by atoms with E-state index in [1.165, 1.54) is 0 Å². The van der Waals surface area contributed by atoms with Gasteiger partial charge in [0.05, 0.1) is 5.69 Å². The van der Waals surface area contributed by atoms with Crippen molar-refractivity contribution in [3.63, 3.8) is 0 Å². The summed E-state index contributed by atoms with van der Waals surface area (Å²) in [6.45, 7) is 10.5. The number of hydrogen-bond donors (Lipinski definition) is 0. The van der Waals surface area contributed by atoms with Crippen molar-refractivity contribution in [3.05, 3.63) is 45.7 Å². The summed E-state index contributed by atoms with van der Waals surface area (Å²) in [4.78, 5) is 8.90. The van der Waals surface area contributed by atoms with E-state index in [2.05, 4.69) is 59.7 Å². The number of halogens is 1. The van der Waals surface area contributed by atoms with Gasteiger partial charge in [0.1, 0.15) is 5.75 Å². The summed E-state index contributed by atoms with van der Waals surface area (Å²) in [5, 5.41) is 0. The Morgan fingerprint density at radius 2 is 1.71 bits per heavy atom. The molecule has 0 fully saturated rings. The maximum absolute atomic E-state index is 5.95. The molecule has 3 nitrogen and oxygen atoms in total. The van der Waals surface area contributed by atoms with Gasteiger partial charge in [0.25, 0.3) is 0 Å². The number of hydrogen-bond acceptors (Lipinski definition) is 3. The molecule has 0 bridgehead atoms. The fourth-order valence-electron chi connectivity index (χ4n) is 2.07. The zero-order valence-corrected chi connectivity index (χ0v) is 14.7. The van der Waals surface area contributed by atoms with Crippen molar-refractivity contribution in [2.24, 2.45) is 0 Å². The van der Waals surface area contributed by atoms with E-state index in [1.807, 2.05) is 25.1 Å². The number of nitrogens with zero attached hydrogens (tertiary/aromatic N) is 2. The molecule has 0 aliphatic heterocycles. The quantitative estimate of drug-likeness (QED) is 0.722. The first-order chi connectivity index (χ1) is 9.86. The molecule has 0 radical (unpaired) electrons. The average molecular weight is 349 g/mol. The zero-order valence-electron chi connectivity index (χ0n) is 13.1. The summed E-state index contributed by atoms with van der Waals surface area (Å²) >= 11 is 3.51. The second-order valence-electron chi connectivity index (χ2n) is 5.81. The molecule has 0 spiro atoms. The molecule has 0 N–H and O–H groups in total. The Balaban J connectivity index is 2.38. The standard InChI is InChI=1S/C17H21BrN2O/c1-10(2)14-9-13(18)6-7-16(14)21-17-19-12(5)8-15(20-17)11(3)4/h6-11H,1-5H3. The lowest BCUT2D eigenvalue weighted by Gasteiger charge is -2.14. The van der Waals surface area contributed by atoms with Gasteiger partial charge in [0.2, 0.25) is 0 Å². The van der Waals surface area contributed by atoms with Gasteiger partial charge < -0.3 is 4.74 Å². The van der Waals surface area contributed by atoms with E-state index in [0.717, 1.165) is 27.2 Å². The van der Waals surface area contributed by atoms with Crippen LogP contribution in [0.4, 0.5) is 0 Å². The van der Waals surface area contributed by atoms with Crippen LogP contribution in [-0.2, 0) is 0 Å². The summed E-state index contributed by atoms with van der Waals surface area (Å²) in [6.07, 6.45) is 0. The summed E-state index contributed by atoms with van der Waals surface area (Å²) in [5.74, 6) is 1.53. The smallest absolute Gasteiger partial charge is 0.322 e. The maximum atomic E-state index is 5.95. The Morgan fingerprint density at radius 3 is 2.33 bits per heavy atom. The van der Waals surface area contributed by atoms with Crippen molar-refractivity contribution in [2.75, 3.05) is 0 Å². The highest BCUT2D eigenvalue weighted by molar-refractivity contribution is 9.10. The van der Waals surface area contributed by atoms with Crippen LogP contribution in [0.25, 0.3) is 0 Å². The van der Waals surface area contributed by atoms with Crippen LogP contribution in [0.2, 0.25) is 0 Å². The van der Waals surface area contributed by atoms with Gasteiger partial charge in [-0.3, -0.25) is 0 Å². The Morgan fingerprint density at radius 1 is 1.00 bits per heavy atom. The minimum Gasteiger partial charge on any atom is -0.424 e.